The smallest absolute Gasteiger partial charge is 0.254 e. The minimum absolute atomic E-state index is 0.101. The molecule has 0 saturated heterocycles. The van der Waals surface area contributed by atoms with Gasteiger partial charge < -0.3 is 15.1 Å². The molecular formula is C32H31F2N3O. The Morgan fingerprint density at radius 3 is 2.42 bits per heavy atom. The van der Waals surface area contributed by atoms with Crippen LogP contribution < -0.4 is 10.2 Å². The van der Waals surface area contributed by atoms with Crippen molar-refractivity contribution in [2.45, 2.75) is 19.9 Å². The first-order valence-corrected chi connectivity index (χ1v) is 12.9. The van der Waals surface area contributed by atoms with Gasteiger partial charge in [0.05, 0.1) is 0 Å². The van der Waals surface area contributed by atoms with Gasteiger partial charge in [0, 0.05) is 55.7 Å². The summed E-state index contributed by atoms with van der Waals surface area (Å²) in [6.45, 7) is 3.99. The van der Waals surface area contributed by atoms with Crippen LogP contribution in [0, 0.1) is 18.6 Å². The first kappa shape index (κ1) is 25.5. The average molecular weight is 512 g/mol. The second kappa shape index (κ2) is 11.1. The molecule has 0 aliphatic carbocycles. The number of hydrogen-bond acceptors (Lipinski definition) is 3. The zero-order chi connectivity index (χ0) is 26.6. The summed E-state index contributed by atoms with van der Waals surface area (Å²) in [5.74, 6) is -1.03. The number of fused-ring (bicyclic) bond motifs is 1. The Bertz CT molecular complexity index is 1450. The molecule has 1 N–H and O–H groups in total. The minimum atomic E-state index is -0.407. The molecule has 6 heteroatoms. The van der Waals surface area contributed by atoms with Gasteiger partial charge in [-0.2, -0.15) is 0 Å². The molecule has 1 amide bonds. The van der Waals surface area contributed by atoms with Crippen LogP contribution in [-0.2, 0) is 13.0 Å². The Labute approximate surface area is 222 Å². The molecule has 0 radical (unpaired) electrons. The molecule has 1 aliphatic rings. The molecule has 0 fully saturated rings. The third kappa shape index (κ3) is 5.54. The van der Waals surface area contributed by atoms with Crippen LogP contribution in [0.5, 0.6) is 0 Å². The highest BCUT2D eigenvalue weighted by Gasteiger charge is 2.20. The molecule has 0 atom stereocenters. The van der Waals surface area contributed by atoms with Gasteiger partial charge in [-0.05, 0) is 90.2 Å². The number of halogens is 2. The third-order valence-electron chi connectivity index (χ3n) is 7.17. The Morgan fingerprint density at radius 1 is 0.895 bits per heavy atom. The second-order valence-corrected chi connectivity index (χ2v) is 9.80. The van der Waals surface area contributed by atoms with E-state index >= 15 is 4.39 Å². The van der Waals surface area contributed by atoms with E-state index in [0.29, 0.717) is 24.2 Å². The van der Waals surface area contributed by atoms with Crippen molar-refractivity contribution in [1.29, 1.82) is 0 Å². The summed E-state index contributed by atoms with van der Waals surface area (Å²) in [6.07, 6.45) is 0.964. The van der Waals surface area contributed by atoms with Gasteiger partial charge in [-0.25, -0.2) is 8.78 Å². The Kier molecular flexibility index (Phi) is 7.40. The van der Waals surface area contributed by atoms with Gasteiger partial charge in [-0.3, -0.25) is 4.79 Å². The van der Waals surface area contributed by atoms with Gasteiger partial charge in [0.2, 0.25) is 0 Å². The molecule has 5 rings (SSSR count). The number of amides is 1. The van der Waals surface area contributed by atoms with Crippen LogP contribution in [-0.4, -0.2) is 37.5 Å². The van der Waals surface area contributed by atoms with Gasteiger partial charge in [0.1, 0.15) is 11.6 Å². The quantitative estimate of drug-likeness (QED) is 0.286. The Balaban J connectivity index is 1.42. The molecule has 1 aliphatic heterocycles. The number of benzene rings is 4. The SMILES string of the molecule is Cc1ccccc1N(C)CCN(Cc1cc(-c2ccc3c(c2)CCN3)ccc1F)C(=O)c1ccc(F)cc1. The first-order chi connectivity index (χ1) is 18.4. The Morgan fingerprint density at radius 2 is 1.63 bits per heavy atom. The minimum Gasteiger partial charge on any atom is -0.384 e. The maximum atomic E-state index is 15.1. The molecule has 38 heavy (non-hydrogen) atoms. The lowest BCUT2D eigenvalue weighted by atomic mass is 9.99. The van der Waals surface area contributed by atoms with E-state index in [9.17, 15) is 9.18 Å². The van der Waals surface area contributed by atoms with Crippen molar-refractivity contribution in [1.82, 2.24) is 4.90 Å². The number of anilines is 2. The van der Waals surface area contributed by atoms with Crippen LogP contribution in [0.3, 0.4) is 0 Å². The molecule has 4 nitrogen and oxygen atoms in total. The van der Waals surface area contributed by atoms with Crippen LogP contribution in [0.2, 0.25) is 0 Å². The van der Waals surface area contributed by atoms with E-state index in [1.54, 1.807) is 11.0 Å². The predicted octanol–water partition coefficient (Wildman–Crippen LogP) is 6.69. The topological polar surface area (TPSA) is 35.6 Å². The Hall–Kier alpha value is -4.19. The normalized spacial score (nSPS) is 12.1. The summed E-state index contributed by atoms with van der Waals surface area (Å²) in [5, 5.41) is 3.36. The standard InChI is InChI=1S/C32H31F2N3O/c1-22-5-3-4-6-31(22)36(2)17-18-37(32(38)23-7-11-28(33)12-8-23)21-27-20-24(9-13-29(27)34)25-10-14-30-26(19-25)15-16-35-30/h3-14,19-20,35H,15-18,21H2,1-2H3. The molecule has 0 spiro atoms. The highest BCUT2D eigenvalue weighted by molar-refractivity contribution is 5.94. The van der Waals surface area contributed by atoms with E-state index < -0.39 is 5.82 Å². The largest absolute Gasteiger partial charge is 0.384 e. The molecule has 1 heterocycles. The molecule has 0 aromatic heterocycles. The number of carbonyl (C=O) groups excluding carboxylic acids is 1. The lowest BCUT2D eigenvalue weighted by molar-refractivity contribution is 0.0746. The fourth-order valence-electron chi connectivity index (χ4n) is 4.98. The number of carbonyl (C=O) groups is 1. The fourth-order valence-corrected chi connectivity index (χ4v) is 4.98. The molecular weight excluding hydrogens is 480 g/mol. The number of likely N-dealkylation sites (N-methyl/N-ethyl adjacent to an activating group) is 1. The van der Waals surface area contributed by atoms with Crippen LogP contribution in [0.1, 0.15) is 27.0 Å². The van der Waals surface area contributed by atoms with Crippen molar-refractivity contribution in [2.24, 2.45) is 0 Å². The van der Waals surface area contributed by atoms with E-state index in [1.165, 1.54) is 35.9 Å². The number of para-hydroxylation sites is 1. The number of hydrogen-bond donors (Lipinski definition) is 1. The maximum absolute atomic E-state index is 15.1. The number of nitrogens with one attached hydrogen (secondary N) is 1. The van der Waals surface area contributed by atoms with Crippen LogP contribution in [0.15, 0.2) is 84.9 Å². The van der Waals surface area contributed by atoms with Crippen molar-refractivity contribution in [3.05, 3.63) is 119 Å². The highest BCUT2D eigenvalue weighted by Crippen LogP contribution is 2.30. The molecule has 4 aromatic rings. The van der Waals surface area contributed by atoms with Crippen molar-refractivity contribution >= 4 is 17.3 Å². The summed E-state index contributed by atoms with van der Waals surface area (Å²) in [7, 11) is 1.98. The van der Waals surface area contributed by atoms with Gasteiger partial charge in [-0.15, -0.1) is 0 Å². The molecule has 0 bridgehead atoms. The molecule has 0 saturated carbocycles. The number of rotatable bonds is 8. The van der Waals surface area contributed by atoms with Crippen molar-refractivity contribution in [2.75, 3.05) is 36.9 Å². The fraction of sp³-hybridized carbons (Fsp3) is 0.219. The van der Waals surface area contributed by atoms with Gasteiger partial charge in [0.15, 0.2) is 0 Å². The van der Waals surface area contributed by atoms with Crippen LogP contribution in [0.25, 0.3) is 11.1 Å². The lowest BCUT2D eigenvalue weighted by Crippen LogP contribution is -2.37. The van der Waals surface area contributed by atoms with E-state index in [-0.39, 0.29) is 18.3 Å². The zero-order valence-corrected chi connectivity index (χ0v) is 21.7. The van der Waals surface area contributed by atoms with Gasteiger partial charge in [-0.1, -0.05) is 30.3 Å². The lowest BCUT2D eigenvalue weighted by Gasteiger charge is -2.28. The summed E-state index contributed by atoms with van der Waals surface area (Å²) >= 11 is 0. The van der Waals surface area contributed by atoms with Gasteiger partial charge in [0.25, 0.3) is 5.91 Å². The highest BCUT2D eigenvalue weighted by atomic mass is 19.1. The average Bonchev–Trinajstić information content (AvgIpc) is 3.40. The summed E-state index contributed by atoms with van der Waals surface area (Å²) in [6, 6.07) is 24.9. The van der Waals surface area contributed by atoms with Crippen molar-refractivity contribution in [3.63, 3.8) is 0 Å². The van der Waals surface area contributed by atoms with Crippen LogP contribution >= 0.6 is 0 Å². The van der Waals surface area contributed by atoms with E-state index in [1.807, 2.05) is 50.4 Å². The van der Waals surface area contributed by atoms with Gasteiger partial charge >= 0.3 is 0 Å². The first-order valence-electron chi connectivity index (χ1n) is 12.9. The summed E-state index contributed by atoms with van der Waals surface area (Å²) in [5.41, 5.74) is 7.33. The maximum Gasteiger partial charge on any atom is 0.254 e. The predicted molar refractivity (Wildman–Crippen MR) is 150 cm³/mol. The second-order valence-electron chi connectivity index (χ2n) is 9.80. The molecule has 0 unspecified atom stereocenters. The van der Waals surface area contributed by atoms with Crippen molar-refractivity contribution < 1.29 is 13.6 Å². The van der Waals surface area contributed by atoms with Crippen molar-refractivity contribution in [3.8, 4) is 11.1 Å². The number of nitrogens with zero attached hydrogens (tertiary/aromatic N) is 2. The van der Waals surface area contributed by atoms with E-state index in [4.69, 9.17) is 0 Å². The zero-order valence-electron chi connectivity index (χ0n) is 21.7. The van der Waals surface area contributed by atoms with E-state index in [0.717, 1.165) is 41.0 Å². The molecule has 4 aromatic carbocycles. The monoisotopic (exact) mass is 511 g/mol. The number of aryl methyl sites for hydroxylation is 1. The van der Waals surface area contributed by atoms with E-state index in [2.05, 4.69) is 22.3 Å². The molecule has 194 valence electrons. The van der Waals surface area contributed by atoms with Crippen LogP contribution in [0.4, 0.5) is 20.2 Å². The summed E-state index contributed by atoms with van der Waals surface area (Å²) in [4.78, 5) is 17.3. The summed E-state index contributed by atoms with van der Waals surface area (Å²) < 4.78 is 28.6. The third-order valence-corrected chi connectivity index (χ3v) is 7.17.